The second-order valence-electron chi connectivity index (χ2n) is 2.70. The van der Waals surface area contributed by atoms with Crippen molar-refractivity contribution < 1.29 is 18.3 Å². The van der Waals surface area contributed by atoms with Crippen LogP contribution < -0.4 is 4.74 Å². The van der Waals surface area contributed by atoms with E-state index in [-0.39, 0.29) is 11.5 Å². The molecule has 82 valence electrons. The number of alkyl halides is 2. The molecule has 15 heavy (non-hydrogen) atoms. The summed E-state index contributed by atoms with van der Waals surface area (Å²) in [5, 5.41) is 0. The SMILES string of the molecule is CC(=O)c1cc(I)c(Br)c(OC(F)F)c1. The molecule has 0 atom stereocenters. The van der Waals surface area contributed by atoms with Crippen LogP contribution >= 0.6 is 38.5 Å². The van der Waals surface area contributed by atoms with Crippen LogP contribution in [0.1, 0.15) is 17.3 Å². The fourth-order valence-corrected chi connectivity index (χ4v) is 1.87. The van der Waals surface area contributed by atoms with Crippen LogP contribution in [0.3, 0.4) is 0 Å². The zero-order chi connectivity index (χ0) is 11.6. The number of carbonyl (C=O) groups excluding carboxylic acids is 1. The zero-order valence-electron chi connectivity index (χ0n) is 7.56. The van der Waals surface area contributed by atoms with Gasteiger partial charge in [0, 0.05) is 9.13 Å². The molecule has 0 unspecified atom stereocenters. The van der Waals surface area contributed by atoms with Crippen molar-refractivity contribution in [3.8, 4) is 5.75 Å². The average Bonchev–Trinajstić information content (AvgIpc) is 2.11. The Hall–Kier alpha value is -0.240. The minimum absolute atomic E-state index is 0.0258. The summed E-state index contributed by atoms with van der Waals surface area (Å²) in [5.41, 5.74) is 0.346. The summed E-state index contributed by atoms with van der Waals surface area (Å²) in [6, 6.07) is 2.89. The molecule has 0 radical (unpaired) electrons. The first-order valence-corrected chi connectivity index (χ1v) is 5.73. The van der Waals surface area contributed by atoms with Gasteiger partial charge >= 0.3 is 6.61 Å². The molecule has 6 heteroatoms. The maximum atomic E-state index is 12.0. The standard InChI is InChI=1S/C9H6BrF2IO2/c1-4(14)5-2-6(13)8(10)7(3-5)15-9(11)12/h2-3,9H,1H3. The third kappa shape index (κ3) is 3.37. The van der Waals surface area contributed by atoms with E-state index in [1.54, 1.807) is 6.07 Å². The number of halogens is 4. The zero-order valence-corrected chi connectivity index (χ0v) is 11.3. The number of Topliss-reactive ketones (excluding diaryl/α,β-unsaturated/α-hetero) is 1. The van der Waals surface area contributed by atoms with Gasteiger partial charge in [-0.25, -0.2) is 0 Å². The largest absolute Gasteiger partial charge is 0.434 e. The Morgan fingerprint density at radius 2 is 2.13 bits per heavy atom. The van der Waals surface area contributed by atoms with E-state index in [1.807, 2.05) is 22.6 Å². The van der Waals surface area contributed by atoms with Crippen molar-refractivity contribution in [3.05, 3.63) is 25.7 Å². The van der Waals surface area contributed by atoms with Crippen LogP contribution in [0.5, 0.6) is 5.75 Å². The van der Waals surface area contributed by atoms with E-state index in [1.165, 1.54) is 13.0 Å². The summed E-state index contributed by atoms with van der Waals surface area (Å²) < 4.78 is 29.4. The third-order valence-electron chi connectivity index (χ3n) is 1.62. The number of rotatable bonds is 3. The Morgan fingerprint density at radius 1 is 1.53 bits per heavy atom. The van der Waals surface area contributed by atoms with Crippen molar-refractivity contribution in [2.24, 2.45) is 0 Å². The van der Waals surface area contributed by atoms with Crippen LogP contribution in [0.15, 0.2) is 16.6 Å². The highest BCUT2D eigenvalue weighted by atomic mass is 127. The second-order valence-corrected chi connectivity index (χ2v) is 4.66. The quantitative estimate of drug-likeness (QED) is 0.578. The molecule has 1 rings (SSSR count). The van der Waals surface area contributed by atoms with Crippen molar-refractivity contribution in [1.82, 2.24) is 0 Å². The smallest absolute Gasteiger partial charge is 0.387 e. The Morgan fingerprint density at radius 3 is 2.60 bits per heavy atom. The maximum Gasteiger partial charge on any atom is 0.387 e. The van der Waals surface area contributed by atoms with Gasteiger partial charge in [-0.05, 0) is 57.6 Å². The topological polar surface area (TPSA) is 26.3 Å². The number of carbonyl (C=O) groups is 1. The molecule has 0 bridgehead atoms. The van der Waals surface area contributed by atoms with Gasteiger partial charge in [0.1, 0.15) is 5.75 Å². The number of hydrogen-bond donors (Lipinski definition) is 0. The van der Waals surface area contributed by atoms with E-state index in [9.17, 15) is 13.6 Å². The predicted molar refractivity (Wildman–Crippen MR) is 63.5 cm³/mol. The predicted octanol–water partition coefficient (Wildman–Crippen LogP) is 3.86. The molecule has 0 aromatic heterocycles. The Labute approximate surface area is 107 Å². The van der Waals surface area contributed by atoms with Crippen molar-refractivity contribution in [1.29, 1.82) is 0 Å². The van der Waals surface area contributed by atoms with Gasteiger partial charge in [-0.1, -0.05) is 0 Å². The number of hydrogen-bond acceptors (Lipinski definition) is 2. The van der Waals surface area contributed by atoms with Crippen molar-refractivity contribution in [3.63, 3.8) is 0 Å². The highest BCUT2D eigenvalue weighted by molar-refractivity contribution is 14.1. The highest BCUT2D eigenvalue weighted by Gasteiger charge is 2.13. The van der Waals surface area contributed by atoms with E-state index in [0.29, 0.717) is 13.6 Å². The summed E-state index contributed by atoms with van der Waals surface area (Å²) >= 11 is 5.05. The summed E-state index contributed by atoms with van der Waals surface area (Å²) in [6.45, 7) is -1.54. The maximum absolute atomic E-state index is 12.0. The molecule has 0 fully saturated rings. The molecule has 0 saturated carbocycles. The van der Waals surface area contributed by atoms with Crippen LogP contribution in [-0.2, 0) is 0 Å². The lowest BCUT2D eigenvalue weighted by molar-refractivity contribution is -0.0504. The molecule has 1 aromatic rings. The summed E-state index contributed by atoms with van der Waals surface area (Å²) in [4.78, 5) is 11.1. The molecule has 0 N–H and O–H groups in total. The summed E-state index contributed by atoms with van der Waals surface area (Å²) in [6.07, 6.45) is 0. The van der Waals surface area contributed by atoms with Gasteiger partial charge in [0.15, 0.2) is 5.78 Å². The van der Waals surface area contributed by atoms with Crippen molar-refractivity contribution in [2.75, 3.05) is 0 Å². The molecular weight excluding hydrogens is 385 g/mol. The van der Waals surface area contributed by atoms with Gasteiger partial charge in [-0.2, -0.15) is 8.78 Å². The first kappa shape index (κ1) is 12.8. The molecule has 2 nitrogen and oxygen atoms in total. The fraction of sp³-hybridized carbons (Fsp3) is 0.222. The lowest BCUT2D eigenvalue weighted by Gasteiger charge is -2.09. The Balaban J connectivity index is 3.19. The van der Waals surface area contributed by atoms with Crippen LogP contribution in [-0.4, -0.2) is 12.4 Å². The lowest BCUT2D eigenvalue weighted by Crippen LogP contribution is -2.04. The van der Waals surface area contributed by atoms with Crippen LogP contribution in [0, 0.1) is 3.57 Å². The third-order valence-corrected chi connectivity index (χ3v) is 4.03. The molecule has 0 amide bonds. The minimum Gasteiger partial charge on any atom is -0.434 e. The molecule has 0 aliphatic rings. The van der Waals surface area contributed by atoms with E-state index >= 15 is 0 Å². The molecule has 0 heterocycles. The molecule has 0 aliphatic heterocycles. The fourth-order valence-electron chi connectivity index (χ4n) is 0.949. The van der Waals surface area contributed by atoms with Gasteiger partial charge < -0.3 is 4.74 Å². The van der Waals surface area contributed by atoms with Crippen LogP contribution in [0.25, 0.3) is 0 Å². The molecule has 0 aliphatic carbocycles. The molecular formula is C9H6BrF2IO2. The second kappa shape index (κ2) is 5.20. The van der Waals surface area contributed by atoms with Gasteiger partial charge in [0.25, 0.3) is 0 Å². The highest BCUT2D eigenvalue weighted by Crippen LogP contribution is 2.32. The van der Waals surface area contributed by atoms with Gasteiger partial charge in [-0.3, -0.25) is 4.79 Å². The lowest BCUT2D eigenvalue weighted by atomic mass is 10.1. The molecule has 0 spiro atoms. The van der Waals surface area contributed by atoms with E-state index < -0.39 is 6.61 Å². The van der Waals surface area contributed by atoms with E-state index in [2.05, 4.69) is 20.7 Å². The minimum atomic E-state index is -2.90. The van der Waals surface area contributed by atoms with E-state index in [4.69, 9.17) is 0 Å². The van der Waals surface area contributed by atoms with E-state index in [0.717, 1.165) is 0 Å². The summed E-state index contributed by atoms with van der Waals surface area (Å²) in [7, 11) is 0. The molecule has 1 aromatic carbocycles. The van der Waals surface area contributed by atoms with Crippen LogP contribution in [0.4, 0.5) is 8.78 Å². The Bertz CT molecular complexity index is 396. The summed E-state index contributed by atoms with van der Waals surface area (Å²) in [5.74, 6) is -0.221. The van der Waals surface area contributed by atoms with Crippen molar-refractivity contribution >= 4 is 44.3 Å². The van der Waals surface area contributed by atoms with Gasteiger partial charge in [0.2, 0.25) is 0 Å². The molecule has 0 saturated heterocycles. The number of benzene rings is 1. The van der Waals surface area contributed by atoms with Gasteiger partial charge in [0.05, 0.1) is 4.47 Å². The van der Waals surface area contributed by atoms with Crippen LogP contribution in [0.2, 0.25) is 0 Å². The monoisotopic (exact) mass is 390 g/mol. The first-order valence-electron chi connectivity index (χ1n) is 3.86. The first-order chi connectivity index (χ1) is 6.91. The van der Waals surface area contributed by atoms with Crippen molar-refractivity contribution in [2.45, 2.75) is 13.5 Å². The number of ether oxygens (including phenoxy) is 1. The Kier molecular flexibility index (Phi) is 4.45. The normalized spacial score (nSPS) is 10.5. The van der Waals surface area contributed by atoms with Gasteiger partial charge in [-0.15, -0.1) is 0 Å². The average molecular weight is 391 g/mol. The number of ketones is 1.